The molecule has 1 saturated carbocycles. The van der Waals surface area contributed by atoms with Gasteiger partial charge in [0.1, 0.15) is 11.7 Å². The van der Waals surface area contributed by atoms with Crippen LogP contribution < -0.4 is 15.5 Å². The Morgan fingerprint density at radius 2 is 1.77 bits per heavy atom. The van der Waals surface area contributed by atoms with Crippen LogP contribution in [0.25, 0.3) is 0 Å². The van der Waals surface area contributed by atoms with Gasteiger partial charge in [-0.15, -0.1) is 0 Å². The topological polar surface area (TPSA) is 169 Å². The minimum absolute atomic E-state index is 0.00510. The van der Waals surface area contributed by atoms with Crippen molar-refractivity contribution in [3.8, 4) is 6.07 Å². The number of amides is 3. The molecule has 1 aliphatic heterocycles. The Morgan fingerprint density at radius 3 is 2.37 bits per heavy atom. The van der Waals surface area contributed by atoms with Crippen LogP contribution in [0.3, 0.4) is 0 Å². The number of nitrogens with zero attached hydrogens (tertiary/aromatic N) is 5. The Labute approximate surface area is 339 Å². The molecule has 13 nitrogen and oxygen atoms in total. The SMILES string of the molecule is CC(C)(C)CP(=O)(OC[C@H](NC(=O)c1cnc2n1[C@]1(Cc3ccc(C#N)cc31)C(=O)N2c1cc(Cl)c(F)c(Cl)c1)C(=O)NC1(c2ccccn2)CC1)OC(C)(C)C. The number of anilines is 2. The third-order valence-electron chi connectivity index (χ3n) is 9.88. The van der Waals surface area contributed by atoms with Crippen LogP contribution >= 0.6 is 30.8 Å². The summed E-state index contributed by atoms with van der Waals surface area (Å²) in [4.78, 5) is 53.7. The van der Waals surface area contributed by atoms with Gasteiger partial charge >= 0.3 is 7.60 Å². The van der Waals surface area contributed by atoms with Crippen molar-refractivity contribution in [1.29, 1.82) is 5.26 Å². The fourth-order valence-electron chi connectivity index (χ4n) is 7.40. The highest BCUT2D eigenvalue weighted by molar-refractivity contribution is 7.53. The van der Waals surface area contributed by atoms with E-state index in [0.717, 1.165) is 5.56 Å². The molecule has 0 bridgehead atoms. The maximum atomic E-state index is 14.7. The molecule has 0 radical (unpaired) electrons. The first kappa shape index (κ1) is 40.6. The van der Waals surface area contributed by atoms with Crippen molar-refractivity contribution in [1.82, 2.24) is 25.2 Å². The van der Waals surface area contributed by atoms with E-state index in [2.05, 4.69) is 26.7 Å². The number of aromatic nitrogens is 3. The number of carbonyl (C=O) groups is 3. The van der Waals surface area contributed by atoms with Gasteiger partial charge in [0.2, 0.25) is 11.9 Å². The first-order valence-electron chi connectivity index (χ1n) is 18.3. The number of hydrogen-bond donors (Lipinski definition) is 2. The second kappa shape index (κ2) is 14.3. The zero-order valence-corrected chi connectivity index (χ0v) is 34.6. The number of pyridine rings is 1. The lowest BCUT2D eigenvalue weighted by molar-refractivity contribution is -0.125. The maximum Gasteiger partial charge on any atom is 0.331 e. The normalized spacial score (nSPS) is 19.5. The predicted octanol–water partition coefficient (Wildman–Crippen LogP) is 7.55. The zero-order chi connectivity index (χ0) is 41.3. The molecule has 2 aromatic carbocycles. The molecule has 2 aliphatic carbocycles. The second-order valence-corrected chi connectivity index (χ2v) is 19.6. The number of nitriles is 1. The van der Waals surface area contributed by atoms with Crippen LogP contribution in [0.2, 0.25) is 10.0 Å². The summed E-state index contributed by atoms with van der Waals surface area (Å²) in [6.07, 6.45) is 4.23. The summed E-state index contributed by atoms with van der Waals surface area (Å²) < 4.78 is 42.4. The van der Waals surface area contributed by atoms with Crippen LogP contribution in [0.4, 0.5) is 16.0 Å². The van der Waals surface area contributed by atoms with E-state index in [1.54, 1.807) is 57.3 Å². The molecule has 3 heterocycles. The minimum Gasteiger partial charge on any atom is -0.343 e. The molecule has 0 saturated heterocycles. The van der Waals surface area contributed by atoms with Gasteiger partial charge in [-0.2, -0.15) is 5.26 Å². The van der Waals surface area contributed by atoms with Gasteiger partial charge in [-0.05, 0) is 86.6 Å². The molecule has 2 aromatic heterocycles. The van der Waals surface area contributed by atoms with Gasteiger partial charge in [-0.3, -0.25) is 28.5 Å². The molecular weight excluding hydrogens is 795 g/mol. The van der Waals surface area contributed by atoms with Gasteiger partial charge in [0.15, 0.2) is 11.4 Å². The Morgan fingerprint density at radius 1 is 1.07 bits per heavy atom. The molecule has 3 amide bonds. The van der Waals surface area contributed by atoms with Crippen molar-refractivity contribution in [2.75, 3.05) is 17.7 Å². The number of halogens is 3. The van der Waals surface area contributed by atoms with Crippen LogP contribution in [0, 0.1) is 22.6 Å². The summed E-state index contributed by atoms with van der Waals surface area (Å²) in [5, 5.41) is 14.9. The average molecular weight is 837 g/mol. The van der Waals surface area contributed by atoms with E-state index in [0.29, 0.717) is 24.1 Å². The number of rotatable bonds is 11. The quantitative estimate of drug-likeness (QED) is 0.115. The van der Waals surface area contributed by atoms with Crippen molar-refractivity contribution in [3.05, 3.63) is 105 Å². The molecule has 3 atom stereocenters. The summed E-state index contributed by atoms with van der Waals surface area (Å²) >= 11 is 12.3. The Bertz CT molecular complexity index is 2360. The van der Waals surface area contributed by atoms with Gasteiger partial charge in [-0.25, -0.2) is 14.3 Å². The lowest BCUT2D eigenvalue weighted by atomic mass is 9.69. The van der Waals surface area contributed by atoms with E-state index in [1.165, 1.54) is 27.8 Å². The molecule has 298 valence electrons. The highest BCUT2D eigenvalue weighted by atomic mass is 35.5. The van der Waals surface area contributed by atoms with E-state index >= 15 is 0 Å². The third-order valence-corrected chi connectivity index (χ3v) is 13.1. The van der Waals surface area contributed by atoms with E-state index in [9.17, 15) is 28.6 Å². The minimum atomic E-state index is -3.88. The number of fused-ring (bicyclic) bond motifs is 4. The van der Waals surface area contributed by atoms with E-state index in [-0.39, 0.29) is 45.5 Å². The molecule has 1 spiro atoms. The molecular formula is C40H41Cl2FN7O6P. The first-order chi connectivity index (χ1) is 26.7. The lowest BCUT2D eigenvalue weighted by Gasteiger charge is -2.41. The van der Waals surface area contributed by atoms with Crippen molar-refractivity contribution >= 4 is 60.2 Å². The lowest BCUT2D eigenvalue weighted by Crippen LogP contribution is -2.54. The van der Waals surface area contributed by atoms with E-state index in [1.807, 2.05) is 26.8 Å². The summed E-state index contributed by atoms with van der Waals surface area (Å²) in [6.45, 7) is 10.4. The van der Waals surface area contributed by atoms with Crippen LogP contribution in [0.15, 0.2) is 60.9 Å². The number of nitrogens with one attached hydrogen (secondary N) is 2. The fraction of sp³-hybridized carbons (Fsp3) is 0.400. The van der Waals surface area contributed by atoms with Gasteiger partial charge in [-0.1, -0.05) is 56.1 Å². The molecule has 1 fully saturated rings. The molecule has 3 aliphatic rings. The average Bonchev–Trinajstić information content (AvgIpc) is 3.69. The standard InChI is InChI=1S/C40H41Cl2FN7O6P/c1-37(2,3)22-57(54,56-38(4,5)6)55-21-29(33(51)48-39(12-13-39)31-9-7-8-14-45-31)47-34(52)30-20-46-36-49(25-16-27(41)32(43)28(42)17-25)35(53)40(50(30)36)18-24-11-10-23(19-44)15-26(24)40/h7-11,14-17,20,29H,12-13,18,21-22H2,1-6H3,(H,47,52)(H,48,51)/t29-,40-,57?/m0/s1. The predicted molar refractivity (Wildman–Crippen MR) is 211 cm³/mol. The highest BCUT2D eigenvalue weighted by Crippen LogP contribution is 2.56. The summed E-state index contributed by atoms with van der Waals surface area (Å²) in [7, 11) is -3.88. The zero-order valence-electron chi connectivity index (χ0n) is 32.2. The van der Waals surface area contributed by atoms with Crippen LogP contribution in [0.5, 0.6) is 0 Å². The van der Waals surface area contributed by atoms with Crippen LogP contribution in [-0.4, -0.2) is 56.7 Å². The van der Waals surface area contributed by atoms with E-state index < -0.39 is 65.9 Å². The highest BCUT2D eigenvalue weighted by Gasteiger charge is 2.61. The number of hydrogen-bond acceptors (Lipinski definition) is 9. The van der Waals surface area contributed by atoms with Gasteiger partial charge in [0.05, 0.1) is 63.2 Å². The van der Waals surface area contributed by atoms with Crippen molar-refractivity contribution in [2.45, 2.75) is 83.5 Å². The molecule has 17 heteroatoms. The Hall–Kier alpha value is -4.64. The molecule has 4 aromatic rings. The third kappa shape index (κ3) is 7.59. The number of benzene rings is 2. The van der Waals surface area contributed by atoms with E-state index in [4.69, 9.17) is 32.2 Å². The van der Waals surface area contributed by atoms with Gasteiger partial charge in [0.25, 0.3) is 11.8 Å². The summed E-state index contributed by atoms with van der Waals surface area (Å²) in [6, 6.07) is 13.5. The fourth-order valence-corrected chi connectivity index (χ4v) is 10.5. The van der Waals surface area contributed by atoms with Crippen molar-refractivity contribution < 1.29 is 32.4 Å². The maximum absolute atomic E-state index is 14.7. The number of imidazole rings is 1. The second-order valence-electron chi connectivity index (χ2n) is 16.8. The smallest absolute Gasteiger partial charge is 0.331 e. The molecule has 2 N–H and O–H groups in total. The van der Waals surface area contributed by atoms with Crippen LogP contribution in [-0.2, 0) is 40.7 Å². The summed E-state index contributed by atoms with van der Waals surface area (Å²) in [5.41, 5.74) is -1.55. The monoisotopic (exact) mass is 835 g/mol. The summed E-state index contributed by atoms with van der Waals surface area (Å²) in [5.74, 6) is -2.86. The largest absolute Gasteiger partial charge is 0.343 e. The van der Waals surface area contributed by atoms with Crippen molar-refractivity contribution in [2.24, 2.45) is 5.41 Å². The first-order valence-corrected chi connectivity index (χ1v) is 20.8. The molecule has 1 unspecified atom stereocenters. The Balaban J connectivity index is 1.28. The van der Waals surface area contributed by atoms with Crippen LogP contribution in [0.1, 0.15) is 87.3 Å². The Kier molecular flexibility index (Phi) is 10.2. The molecule has 7 rings (SSSR count). The van der Waals surface area contributed by atoms with Gasteiger partial charge < -0.3 is 19.7 Å². The molecule has 57 heavy (non-hydrogen) atoms. The van der Waals surface area contributed by atoms with Gasteiger partial charge in [0, 0.05) is 12.6 Å². The van der Waals surface area contributed by atoms with Crippen molar-refractivity contribution in [3.63, 3.8) is 0 Å². The number of carbonyl (C=O) groups excluding carboxylic acids is 3.